The molecule has 2 N–H and O–H groups in total. The first-order valence-electron chi connectivity index (χ1n) is 15.1. The second-order valence-corrected chi connectivity index (χ2v) is 12.0. The maximum absolute atomic E-state index is 14.2. The Hall–Kier alpha value is -3.87. The van der Waals surface area contributed by atoms with Crippen molar-refractivity contribution in [3.63, 3.8) is 0 Å². The van der Waals surface area contributed by atoms with E-state index in [9.17, 15) is 14.4 Å². The number of benzene rings is 3. The highest BCUT2D eigenvalue weighted by molar-refractivity contribution is 6.00. The van der Waals surface area contributed by atoms with Crippen LogP contribution in [-0.2, 0) is 14.3 Å². The fourth-order valence-electron chi connectivity index (χ4n) is 5.19. The zero-order valence-electron chi connectivity index (χ0n) is 26.1. The number of carbonyl (C=O) groups excluding carboxylic acids is 3. The third kappa shape index (κ3) is 9.61. The molecule has 0 heterocycles. The van der Waals surface area contributed by atoms with E-state index in [1.807, 2.05) is 74.5 Å². The molecule has 0 aliphatic carbocycles. The van der Waals surface area contributed by atoms with Gasteiger partial charge in [0.25, 0.3) is 5.91 Å². The number of alkyl carbamates (subject to hydrolysis) is 1. The Labute approximate surface area is 251 Å². The van der Waals surface area contributed by atoms with Gasteiger partial charge in [0.15, 0.2) is 0 Å². The molecule has 7 heteroatoms. The Morgan fingerprint density at radius 2 is 1.48 bits per heavy atom. The molecule has 0 aromatic heterocycles. The van der Waals surface area contributed by atoms with Gasteiger partial charge in [0.2, 0.25) is 5.91 Å². The molecule has 1 atom stereocenters. The van der Waals surface area contributed by atoms with Crippen molar-refractivity contribution in [2.24, 2.45) is 0 Å². The van der Waals surface area contributed by atoms with Gasteiger partial charge in [-0.25, -0.2) is 4.79 Å². The van der Waals surface area contributed by atoms with Gasteiger partial charge in [-0.1, -0.05) is 87.6 Å². The molecule has 226 valence electrons. The number of rotatable bonds is 13. The Kier molecular flexibility index (Phi) is 12.0. The Balaban J connectivity index is 1.94. The summed E-state index contributed by atoms with van der Waals surface area (Å²) in [6.45, 7) is 11.5. The predicted octanol–water partition coefficient (Wildman–Crippen LogP) is 7.85. The van der Waals surface area contributed by atoms with Crippen molar-refractivity contribution in [3.05, 3.63) is 77.4 Å². The molecule has 0 aliphatic rings. The zero-order chi connectivity index (χ0) is 30.7. The summed E-state index contributed by atoms with van der Waals surface area (Å²) in [7, 11) is 0. The summed E-state index contributed by atoms with van der Waals surface area (Å²) >= 11 is 0. The lowest BCUT2D eigenvalue weighted by Gasteiger charge is -2.33. The molecule has 3 rings (SSSR count). The summed E-state index contributed by atoms with van der Waals surface area (Å²) in [6, 6.07) is 18.8. The lowest BCUT2D eigenvalue weighted by molar-refractivity contribution is -0.138. The van der Waals surface area contributed by atoms with E-state index in [0.29, 0.717) is 12.2 Å². The number of carbonyl (C=O) groups is 3. The smallest absolute Gasteiger partial charge is 0.408 e. The topological polar surface area (TPSA) is 87.7 Å². The average molecular weight is 574 g/mol. The van der Waals surface area contributed by atoms with E-state index >= 15 is 0 Å². The number of nitrogens with one attached hydrogen (secondary N) is 2. The number of nitrogens with zero attached hydrogens (tertiary/aromatic N) is 1. The SMILES string of the molecule is CCCCCCCCN(C(=O)CNC(=O)OC(C)(C)C)C(C(=O)Nc1ccc2ccccc2c1)c1c(C)cccc1C. The first-order valence-corrected chi connectivity index (χ1v) is 15.1. The van der Waals surface area contributed by atoms with Crippen LogP contribution in [0.5, 0.6) is 0 Å². The molecule has 0 spiro atoms. The maximum Gasteiger partial charge on any atom is 0.408 e. The van der Waals surface area contributed by atoms with Crippen LogP contribution in [0, 0.1) is 13.8 Å². The minimum atomic E-state index is -0.874. The zero-order valence-corrected chi connectivity index (χ0v) is 26.1. The number of fused-ring (bicyclic) bond motifs is 1. The lowest BCUT2D eigenvalue weighted by Crippen LogP contribution is -2.47. The van der Waals surface area contributed by atoms with Crippen LogP contribution in [0.3, 0.4) is 0 Å². The van der Waals surface area contributed by atoms with Gasteiger partial charge >= 0.3 is 6.09 Å². The van der Waals surface area contributed by atoms with E-state index in [2.05, 4.69) is 17.6 Å². The van der Waals surface area contributed by atoms with Crippen molar-refractivity contribution in [2.45, 2.75) is 91.7 Å². The van der Waals surface area contributed by atoms with Crippen molar-refractivity contribution in [1.82, 2.24) is 10.2 Å². The Morgan fingerprint density at radius 1 is 0.833 bits per heavy atom. The molecule has 42 heavy (non-hydrogen) atoms. The van der Waals surface area contributed by atoms with E-state index < -0.39 is 17.7 Å². The molecule has 0 saturated carbocycles. The van der Waals surface area contributed by atoms with E-state index in [-0.39, 0.29) is 18.4 Å². The van der Waals surface area contributed by atoms with Gasteiger partial charge in [-0.15, -0.1) is 0 Å². The van der Waals surface area contributed by atoms with E-state index in [0.717, 1.165) is 59.6 Å². The van der Waals surface area contributed by atoms with Crippen LogP contribution in [0.4, 0.5) is 10.5 Å². The molecule has 0 radical (unpaired) electrons. The largest absolute Gasteiger partial charge is 0.444 e. The van der Waals surface area contributed by atoms with Crippen LogP contribution >= 0.6 is 0 Å². The van der Waals surface area contributed by atoms with Crippen molar-refractivity contribution < 1.29 is 19.1 Å². The van der Waals surface area contributed by atoms with Crippen LogP contribution in [-0.4, -0.2) is 41.5 Å². The van der Waals surface area contributed by atoms with Gasteiger partial charge in [0.1, 0.15) is 18.2 Å². The molecule has 3 aromatic carbocycles. The third-order valence-electron chi connectivity index (χ3n) is 7.25. The number of anilines is 1. The number of ether oxygens (including phenoxy) is 1. The monoisotopic (exact) mass is 573 g/mol. The van der Waals surface area contributed by atoms with Crippen molar-refractivity contribution in [3.8, 4) is 0 Å². The molecule has 7 nitrogen and oxygen atoms in total. The molecule has 0 bridgehead atoms. The molecular formula is C35H47N3O4. The first-order chi connectivity index (χ1) is 20.0. The summed E-state index contributed by atoms with van der Waals surface area (Å²) < 4.78 is 5.35. The minimum absolute atomic E-state index is 0.268. The highest BCUT2D eigenvalue weighted by atomic mass is 16.6. The van der Waals surface area contributed by atoms with Gasteiger partial charge in [-0.2, -0.15) is 0 Å². The third-order valence-corrected chi connectivity index (χ3v) is 7.25. The van der Waals surface area contributed by atoms with E-state index in [4.69, 9.17) is 4.74 Å². The molecule has 3 aromatic rings. The fraction of sp³-hybridized carbons (Fsp3) is 0.457. The summed E-state index contributed by atoms with van der Waals surface area (Å²) in [5.74, 6) is -0.630. The molecule has 3 amide bonds. The van der Waals surface area contributed by atoms with Gasteiger partial charge in [-0.3, -0.25) is 9.59 Å². The quantitative estimate of drug-likeness (QED) is 0.204. The van der Waals surface area contributed by atoms with Crippen LogP contribution in [0.15, 0.2) is 60.7 Å². The predicted molar refractivity (Wildman–Crippen MR) is 171 cm³/mol. The Bertz CT molecular complexity index is 1340. The lowest BCUT2D eigenvalue weighted by atomic mass is 9.93. The van der Waals surface area contributed by atoms with Crippen LogP contribution < -0.4 is 10.6 Å². The standard InChI is InChI=1S/C35H47N3O4/c1-7-8-9-10-11-14-22-38(30(39)24-36-34(41)42-35(4,5)6)32(31-25(2)16-15-17-26(31)3)33(40)37-29-21-20-27-18-12-13-19-28(27)23-29/h12-13,15-21,23,32H,7-11,14,22,24H2,1-6H3,(H,36,41)(H,37,40). The van der Waals surface area contributed by atoms with E-state index in [1.54, 1.807) is 25.7 Å². The second-order valence-electron chi connectivity index (χ2n) is 12.0. The number of unbranched alkanes of at least 4 members (excludes halogenated alkanes) is 5. The number of hydrogen-bond donors (Lipinski definition) is 2. The summed E-state index contributed by atoms with van der Waals surface area (Å²) in [5.41, 5.74) is 2.62. The van der Waals surface area contributed by atoms with Gasteiger partial charge < -0.3 is 20.3 Å². The van der Waals surface area contributed by atoms with Gasteiger partial charge in [0, 0.05) is 12.2 Å². The molecule has 0 aliphatic heterocycles. The maximum atomic E-state index is 14.2. The highest BCUT2D eigenvalue weighted by Gasteiger charge is 2.33. The van der Waals surface area contributed by atoms with Crippen LogP contribution in [0.1, 0.15) is 89.0 Å². The first kappa shape index (κ1) is 32.6. The molecule has 0 fully saturated rings. The van der Waals surface area contributed by atoms with Gasteiger partial charge in [-0.05, 0) is 80.6 Å². The number of amides is 3. The normalized spacial score (nSPS) is 12.0. The minimum Gasteiger partial charge on any atom is -0.444 e. The van der Waals surface area contributed by atoms with Crippen molar-refractivity contribution in [1.29, 1.82) is 0 Å². The number of aryl methyl sites for hydroxylation is 2. The van der Waals surface area contributed by atoms with Crippen LogP contribution in [0.2, 0.25) is 0 Å². The van der Waals surface area contributed by atoms with Crippen molar-refractivity contribution in [2.75, 3.05) is 18.4 Å². The van der Waals surface area contributed by atoms with Gasteiger partial charge in [0.05, 0.1) is 0 Å². The highest BCUT2D eigenvalue weighted by Crippen LogP contribution is 2.30. The van der Waals surface area contributed by atoms with E-state index in [1.165, 1.54) is 6.42 Å². The van der Waals surface area contributed by atoms with Crippen LogP contribution in [0.25, 0.3) is 10.8 Å². The molecule has 1 unspecified atom stereocenters. The number of hydrogen-bond acceptors (Lipinski definition) is 4. The summed E-state index contributed by atoms with van der Waals surface area (Å²) in [6.07, 6.45) is 5.60. The molecule has 0 saturated heterocycles. The fourth-order valence-corrected chi connectivity index (χ4v) is 5.19. The molecular weight excluding hydrogens is 526 g/mol. The summed E-state index contributed by atoms with van der Waals surface area (Å²) in [4.78, 5) is 42.0. The second kappa shape index (κ2) is 15.4. The Morgan fingerprint density at radius 3 is 2.14 bits per heavy atom. The average Bonchev–Trinajstić information content (AvgIpc) is 2.93. The summed E-state index contributed by atoms with van der Waals surface area (Å²) in [5, 5.41) is 7.78. The van der Waals surface area contributed by atoms with Crippen molar-refractivity contribution >= 4 is 34.4 Å².